The van der Waals surface area contributed by atoms with Crippen LogP contribution in [0.25, 0.3) is 0 Å². The Hall–Kier alpha value is -4.91. The number of Topliss-reactive ketones (excluding diaryl/α,β-unsaturated/α-hetero) is 1. The number of ketones is 1. The van der Waals surface area contributed by atoms with Gasteiger partial charge in [0, 0.05) is 62.2 Å². The van der Waals surface area contributed by atoms with Crippen LogP contribution in [0.5, 0.6) is 0 Å². The molecule has 0 radical (unpaired) electrons. The monoisotopic (exact) mass is 602 g/mol. The molecule has 7 nitrogen and oxygen atoms in total. The second-order valence-electron chi connectivity index (χ2n) is 10.7. The van der Waals surface area contributed by atoms with Crippen LogP contribution in [0.3, 0.4) is 0 Å². The van der Waals surface area contributed by atoms with Gasteiger partial charge in [0.15, 0.2) is 5.78 Å². The summed E-state index contributed by atoms with van der Waals surface area (Å²) < 4.78 is 41.0. The number of alkyl halides is 3. The zero-order valence-electron chi connectivity index (χ0n) is 24.9. The molecule has 0 aliphatic carbocycles. The third kappa shape index (κ3) is 6.52. The molecule has 0 saturated carbocycles. The predicted octanol–water partition coefficient (Wildman–Crippen LogP) is 6.17. The molecule has 1 heterocycles. The van der Waals surface area contributed by atoms with Crippen LogP contribution in [0.15, 0.2) is 90.1 Å². The van der Waals surface area contributed by atoms with Gasteiger partial charge in [-0.1, -0.05) is 43.3 Å². The minimum Gasteiger partial charge on any atom is -0.373 e. The molecule has 228 valence electrons. The van der Waals surface area contributed by atoms with E-state index in [0.717, 1.165) is 22.7 Å². The smallest absolute Gasteiger partial charge is 0.373 e. The fraction of sp³-hybridized carbons (Fsp3) is 0.294. The van der Waals surface area contributed by atoms with Crippen LogP contribution in [0, 0.1) is 17.2 Å². The molecule has 0 aromatic heterocycles. The first kappa shape index (κ1) is 32.0. The van der Waals surface area contributed by atoms with Gasteiger partial charge in [-0.2, -0.15) is 18.4 Å². The van der Waals surface area contributed by atoms with Gasteiger partial charge in [0.25, 0.3) is 0 Å². The highest BCUT2D eigenvalue weighted by Gasteiger charge is 2.48. The van der Waals surface area contributed by atoms with E-state index in [2.05, 4.69) is 0 Å². The standard InChI is InChI=1S/C34H33F3N4O3/c1-5-28(42)29-22(2)41(27-13-9-10-25(20-27)34(35,36)37)33(44)31(30(29)24-16-14-23(21-38)15-17-24)32(43)40(4)19-18-39(3)26-11-7-6-8-12-26/h6-17,20,30-31H,5,18-19H2,1-4H3. The Morgan fingerprint density at radius 2 is 1.61 bits per heavy atom. The molecule has 3 aromatic rings. The lowest BCUT2D eigenvalue weighted by Crippen LogP contribution is -2.52. The van der Waals surface area contributed by atoms with Crippen molar-refractivity contribution in [1.29, 1.82) is 5.26 Å². The van der Waals surface area contributed by atoms with E-state index in [0.29, 0.717) is 17.7 Å². The molecule has 1 aliphatic rings. The normalized spacial score (nSPS) is 16.9. The van der Waals surface area contributed by atoms with Crippen LogP contribution in [0.4, 0.5) is 24.5 Å². The van der Waals surface area contributed by atoms with Crippen molar-refractivity contribution in [3.8, 4) is 6.07 Å². The lowest BCUT2D eigenvalue weighted by Gasteiger charge is -2.41. The van der Waals surface area contributed by atoms with Gasteiger partial charge in [-0.15, -0.1) is 0 Å². The molecule has 0 saturated heterocycles. The lowest BCUT2D eigenvalue weighted by atomic mass is 9.73. The highest BCUT2D eigenvalue weighted by atomic mass is 19.4. The van der Waals surface area contributed by atoms with Gasteiger partial charge >= 0.3 is 6.18 Å². The third-order valence-corrected chi connectivity index (χ3v) is 7.92. The molecule has 4 rings (SSSR count). The predicted molar refractivity (Wildman–Crippen MR) is 162 cm³/mol. The molecule has 0 bridgehead atoms. The molecule has 0 N–H and O–H groups in total. The molecular formula is C34H33F3N4O3. The number of nitriles is 1. The molecule has 0 fully saturated rings. The van der Waals surface area contributed by atoms with Crippen LogP contribution in [0.1, 0.15) is 42.9 Å². The minimum absolute atomic E-state index is 0.0443. The molecular weight excluding hydrogens is 569 g/mol. The van der Waals surface area contributed by atoms with E-state index in [4.69, 9.17) is 0 Å². The molecule has 2 atom stereocenters. The Morgan fingerprint density at radius 3 is 2.20 bits per heavy atom. The van der Waals surface area contributed by atoms with E-state index in [1.165, 1.54) is 24.0 Å². The number of carbonyl (C=O) groups is 3. The van der Waals surface area contributed by atoms with Crippen LogP contribution < -0.4 is 9.80 Å². The number of nitrogens with zero attached hydrogens (tertiary/aromatic N) is 4. The van der Waals surface area contributed by atoms with E-state index in [1.807, 2.05) is 48.3 Å². The summed E-state index contributed by atoms with van der Waals surface area (Å²) in [6, 6.07) is 22.2. The average molecular weight is 603 g/mol. The number of hydrogen-bond acceptors (Lipinski definition) is 5. The van der Waals surface area contributed by atoms with Gasteiger partial charge in [-0.3, -0.25) is 19.3 Å². The summed E-state index contributed by atoms with van der Waals surface area (Å²) >= 11 is 0. The van der Waals surface area contributed by atoms with E-state index in [9.17, 15) is 32.8 Å². The summed E-state index contributed by atoms with van der Waals surface area (Å²) in [6.07, 6.45) is -4.62. The molecule has 3 aromatic carbocycles. The molecule has 2 amide bonds. The Labute approximate surface area is 254 Å². The van der Waals surface area contributed by atoms with Gasteiger partial charge in [-0.25, -0.2) is 0 Å². The average Bonchev–Trinajstić information content (AvgIpc) is 3.02. The molecule has 1 aliphatic heterocycles. The molecule has 0 spiro atoms. The highest BCUT2D eigenvalue weighted by Crippen LogP contribution is 2.44. The summed E-state index contributed by atoms with van der Waals surface area (Å²) in [5.41, 5.74) is 1.04. The van der Waals surface area contributed by atoms with Crippen LogP contribution >= 0.6 is 0 Å². The van der Waals surface area contributed by atoms with Crippen LogP contribution in [-0.2, 0) is 20.6 Å². The van der Waals surface area contributed by atoms with Gasteiger partial charge in [0.05, 0.1) is 17.2 Å². The van der Waals surface area contributed by atoms with Crippen molar-refractivity contribution in [1.82, 2.24) is 4.90 Å². The zero-order chi connectivity index (χ0) is 32.2. The first-order valence-electron chi connectivity index (χ1n) is 14.1. The van der Waals surface area contributed by atoms with Gasteiger partial charge in [0.1, 0.15) is 5.92 Å². The summed E-state index contributed by atoms with van der Waals surface area (Å²) in [4.78, 5) is 46.6. The highest BCUT2D eigenvalue weighted by molar-refractivity contribution is 6.15. The van der Waals surface area contributed by atoms with Gasteiger partial charge in [0.2, 0.25) is 11.8 Å². The topological polar surface area (TPSA) is 84.7 Å². The summed E-state index contributed by atoms with van der Waals surface area (Å²) in [5, 5.41) is 9.32. The Bertz CT molecular complexity index is 1610. The number of para-hydroxylation sites is 1. The first-order valence-corrected chi connectivity index (χ1v) is 14.1. The van der Waals surface area contributed by atoms with Crippen molar-refractivity contribution in [2.45, 2.75) is 32.4 Å². The second kappa shape index (κ2) is 13.2. The maximum atomic E-state index is 14.4. The number of rotatable bonds is 9. The third-order valence-electron chi connectivity index (χ3n) is 7.92. The van der Waals surface area contributed by atoms with Crippen molar-refractivity contribution in [2.75, 3.05) is 37.0 Å². The molecule has 44 heavy (non-hydrogen) atoms. The van der Waals surface area contributed by atoms with Gasteiger partial charge < -0.3 is 9.80 Å². The van der Waals surface area contributed by atoms with Crippen LogP contribution in [-0.4, -0.2) is 49.7 Å². The Morgan fingerprint density at radius 1 is 0.955 bits per heavy atom. The van der Waals surface area contributed by atoms with E-state index in [-0.39, 0.29) is 35.7 Å². The number of likely N-dealkylation sites (N-methyl/N-ethyl adjacent to an activating group) is 2. The largest absolute Gasteiger partial charge is 0.416 e. The summed E-state index contributed by atoms with van der Waals surface area (Å²) in [5.74, 6) is -4.11. The van der Waals surface area contributed by atoms with Crippen molar-refractivity contribution in [2.24, 2.45) is 5.92 Å². The van der Waals surface area contributed by atoms with Crippen molar-refractivity contribution >= 4 is 29.0 Å². The van der Waals surface area contributed by atoms with E-state index < -0.39 is 35.4 Å². The number of carbonyl (C=O) groups excluding carboxylic acids is 3. The number of halogens is 3. The van der Waals surface area contributed by atoms with Gasteiger partial charge in [-0.05, 0) is 55.0 Å². The number of amides is 2. The molecule has 10 heteroatoms. The van der Waals surface area contributed by atoms with Crippen molar-refractivity contribution in [3.63, 3.8) is 0 Å². The fourth-order valence-electron chi connectivity index (χ4n) is 5.50. The quantitative estimate of drug-likeness (QED) is 0.274. The SMILES string of the molecule is CCC(=O)C1=C(C)N(c2cccc(C(F)(F)F)c2)C(=O)C(C(=O)N(C)CCN(C)c2ccccc2)C1c1ccc(C#N)cc1. The van der Waals surface area contributed by atoms with Crippen molar-refractivity contribution < 1.29 is 27.6 Å². The molecule has 2 unspecified atom stereocenters. The number of allylic oxidation sites excluding steroid dienone is 2. The fourth-order valence-corrected chi connectivity index (χ4v) is 5.50. The Kier molecular flexibility index (Phi) is 9.58. The minimum atomic E-state index is -4.67. The zero-order valence-corrected chi connectivity index (χ0v) is 24.9. The van der Waals surface area contributed by atoms with Crippen LogP contribution in [0.2, 0.25) is 0 Å². The summed E-state index contributed by atoms with van der Waals surface area (Å²) in [7, 11) is 3.43. The lowest BCUT2D eigenvalue weighted by molar-refractivity contribution is -0.141. The first-order chi connectivity index (χ1) is 20.9. The Balaban J connectivity index is 1.83. The number of anilines is 2. The number of hydrogen-bond donors (Lipinski definition) is 0. The number of benzene rings is 3. The summed E-state index contributed by atoms with van der Waals surface area (Å²) in [6.45, 7) is 3.82. The maximum Gasteiger partial charge on any atom is 0.416 e. The van der Waals surface area contributed by atoms with E-state index in [1.54, 1.807) is 38.2 Å². The second-order valence-corrected chi connectivity index (χ2v) is 10.7. The van der Waals surface area contributed by atoms with E-state index >= 15 is 0 Å². The maximum absolute atomic E-state index is 14.4. The van der Waals surface area contributed by atoms with Crippen molar-refractivity contribution in [3.05, 3.63) is 107 Å².